The van der Waals surface area contributed by atoms with E-state index in [2.05, 4.69) is 4.72 Å². The van der Waals surface area contributed by atoms with Gasteiger partial charge in [-0.25, -0.2) is 13.1 Å². The maximum absolute atomic E-state index is 12.3. The van der Waals surface area contributed by atoms with Crippen molar-refractivity contribution >= 4 is 44.6 Å². The molecule has 0 aliphatic rings. The Hall–Kier alpha value is -0.590. The van der Waals surface area contributed by atoms with Crippen molar-refractivity contribution in [3.05, 3.63) is 50.1 Å². The maximum Gasteiger partial charge on any atom is 0.241 e. The first-order chi connectivity index (χ1) is 9.29. The van der Waals surface area contributed by atoms with Crippen LogP contribution in [0.3, 0.4) is 0 Å². The van der Waals surface area contributed by atoms with E-state index < -0.39 is 10.0 Å². The third-order valence-corrected chi connectivity index (χ3v) is 6.17. The molecular weight excluding hydrogens is 337 g/mol. The van der Waals surface area contributed by atoms with Gasteiger partial charge < -0.3 is 0 Å². The Bertz CT molecular complexity index is 726. The highest BCUT2D eigenvalue weighted by Gasteiger charge is 2.20. The van der Waals surface area contributed by atoms with Crippen LogP contribution in [-0.2, 0) is 10.0 Å². The number of thiophene rings is 1. The largest absolute Gasteiger partial charge is 0.241 e. The first-order valence-corrected chi connectivity index (χ1v) is 8.89. The lowest BCUT2D eigenvalue weighted by atomic mass is 10.2. The van der Waals surface area contributed by atoms with Crippen molar-refractivity contribution in [3.63, 3.8) is 0 Å². The van der Waals surface area contributed by atoms with Crippen LogP contribution in [0.25, 0.3) is 0 Å². The Labute approximate surface area is 132 Å². The molecule has 1 heterocycles. The maximum atomic E-state index is 12.3. The van der Waals surface area contributed by atoms with Crippen LogP contribution >= 0.6 is 34.5 Å². The molecule has 20 heavy (non-hydrogen) atoms. The molecule has 0 aliphatic heterocycles. The fraction of sp³-hybridized carbons (Fsp3) is 0.231. The molecule has 108 valence electrons. The van der Waals surface area contributed by atoms with Gasteiger partial charge in [-0.1, -0.05) is 29.3 Å². The Morgan fingerprint density at radius 3 is 2.45 bits per heavy atom. The second-order valence-electron chi connectivity index (χ2n) is 4.40. The second kappa shape index (κ2) is 6.03. The molecule has 2 rings (SSSR count). The molecule has 0 saturated heterocycles. The van der Waals surface area contributed by atoms with Crippen LogP contribution in [0.5, 0.6) is 0 Å². The van der Waals surface area contributed by atoms with Gasteiger partial charge >= 0.3 is 0 Å². The van der Waals surface area contributed by atoms with Crippen molar-refractivity contribution in [2.45, 2.75) is 24.8 Å². The summed E-state index contributed by atoms with van der Waals surface area (Å²) < 4.78 is 27.8. The molecular formula is C13H13Cl2NO2S2. The van der Waals surface area contributed by atoms with Crippen molar-refractivity contribution in [2.24, 2.45) is 0 Å². The minimum atomic E-state index is -3.61. The molecule has 0 radical (unpaired) electrons. The molecule has 1 aromatic heterocycles. The summed E-state index contributed by atoms with van der Waals surface area (Å²) in [4.78, 5) is 1.01. The molecule has 0 saturated carbocycles. The van der Waals surface area contributed by atoms with Gasteiger partial charge in [-0.05, 0) is 43.7 Å². The Morgan fingerprint density at radius 2 is 1.90 bits per heavy atom. The lowest BCUT2D eigenvalue weighted by Crippen LogP contribution is -2.26. The summed E-state index contributed by atoms with van der Waals surface area (Å²) in [7, 11) is -3.61. The van der Waals surface area contributed by atoms with Gasteiger partial charge in [0.2, 0.25) is 10.0 Å². The third-order valence-electron chi connectivity index (χ3n) is 2.81. The number of sulfonamides is 1. The third kappa shape index (κ3) is 3.54. The first-order valence-electron chi connectivity index (χ1n) is 5.83. The summed E-state index contributed by atoms with van der Waals surface area (Å²) in [6, 6.07) is 7.88. The van der Waals surface area contributed by atoms with Crippen LogP contribution in [-0.4, -0.2) is 8.42 Å². The molecule has 0 bridgehead atoms. The molecule has 1 N–H and O–H groups in total. The van der Waals surface area contributed by atoms with Crippen molar-refractivity contribution < 1.29 is 8.42 Å². The van der Waals surface area contributed by atoms with Crippen molar-refractivity contribution in [2.75, 3.05) is 0 Å². The van der Waals surface area contributed by atoms with Gasteiger partial charge in [-0.15, -0.1) is 11.3 Å². The van der Waals surface area contributed by atoms with E-state index in [-0.39, 0.29) is 10.9 Å². The molecule has 0 amide bonds. The average molecular weight is 350 g/mol. The molecule has 1 unspecified atom stereocenters. The topological polar surface area (TPSA) is 46.2 Å². The summed E-state index contributed by atoms with van der Waals surface area (Å²) in [5.41, 5.74) is 0.837. The molecule has 1 aromatic carbocycles. The van der Waals surface area contributed by atoms with E-state index in [1.807, 2.05) is 13.0 Å². The first kappa shape index (κ1) is 15.8. The summed E-state index contributed by atoms with van der Waals surface area (Å²) >= 11 is 13.2. The van der Waals surface area contributed by atoms with E-state index in [0.29, 0.717) is 9.36 Å². The van der Waals surface area contributed by atoms with Crippen LogP contribution in [0.4, 0.5) is 0 Å². The fourth-order valence-corrected chi connectivity index (χ4v) is 4.29. The van der Waals surface area contributed by atoms with Gasteiger partial charge in [-0.2, -0.15) is 0 Å². The van der Waals surface area contributed by atoms with Crippen LogP contribution in [0, 0.1) is 6.92 Å². The number of nitrogens with one attached hydrogen (secondary N) is 1. The average Bonchev–Trinajstić information content (AvgIpc) is 2.79. The van der Waals surface area contributed by atoms with E-state index in [9.17, 15) is 8.42 Å². The van der Waals surface area contributed by atoms with Gasteiger partial charge in [0.15, 0.2) is 0 Å². The fourth-order valence-electron chi connectivity index (χ4n) is 1.66. The number of halogens is 2. The molecule has 2 aromatic rings. The summed E-state index contributed by atoms with van der Waals surface area (Å²) in [6.45, 7) is 3.60. The number of aryl methyl sites for hydroxylation is 1. The van der Waals surface area contributed by atoms with E-state index in [1.54, 1.807) is 19.1 Å². The minimum absolute atomic E-state index is 0.155. The summed E-state index contributed by atoms with van der Waals surface area (Å²) in [5, 5.41) is 0.430. The lowest BCUT2D eigenvalue weighted by Gasteiger charge is -2.13. The smallest absolute Gasteiger partial charge is 0.207 e. The van der Waals surface area contributed by atoms with Crippen molar-refractivity contribution in [3.8, 4) is 0 Å². The minimum Gasteiger partial charge on any atom is -0.207 e. The van der Waals surface area contributed by atoms with E-state index in [0.717, 1.165) is 10.4 Å². The van der Waals surface area contributed by atoms with Crippen LogP contribution in [0.1, 0.15) is 23.4 Å². The Morgan fingerprint density at radius 1 is 1.20 bits per heavy atom. The zero-order valence-electron chi connectivity index (χ0n) is 10.9. The normalized spacial score (nSPS) is 13.4. The van der Waals surface area contributed by atoms with E-state index in [1.165, 1.54) is 23.5 Å². The van der Waals surface area contributed by atoms with E-state index >= 15 is 0 Å². The SMILES string of the molecule is Cc1ccc(S(=O)(=O)NC(C)c2ccc(Cl)s2)cc1Cl. The highest BCUT2D eigenvalue weighted by molar-refractivity contribution is 7.89. The zero-order chi connectivity index (χ0) is 14.9. The van der Waals surface area contributed by atoms with Gasteiger partial charge in [0, 0.05) is 9.90 Å². The van der Waals surface area contributed by atoms with Crippen LogP contribution in [0.15, 0.2) is 35.2 Å². The standard InChI is InChI=1S/C13H13Cl2NO2S2/c1-8-3-4-10(7-11(8)14)20(17,18)16-9(2)12-5-6-13(15)19-12/h3-7,9,16H,1-2H3. The number of hydrogen-bond donors (Lipinski definition) is 1. The van der Waals surface area contributed by atoms with E-state index in [4.69, 9.17) is 23.2 Å². The molecule has 1 atom stereocenters. The zero-order valence-corrected chi connectivity index (χ0v) is 14.0. The number of benzene rings is 1. The summed E-state index contributed by atoms with van der Waals surface area (Å²) in [5.74, 6) is 0. The lowest BCUT2D eigenvalue weighted by molar-refractivity contribution is 0.568. The molecule has 7 heteroatoms. The monoisotopic (exact) mass is 349 g/mol. The van der Waals surface area contributed by atoms with Crippen LogP contribution < -0.4 is 4.72 Å². The van der Waals surface area contributed by atoms with Gasteiger partial charge in [0.1, 0.15) is 0 Å². The highest BCUT2D eigenvalue weighted by atomic mass is 35.5. The van der Waals surface area contributed by atoms with Gasteiger partial charge in [0.25, 0.3) is 0 Å². The van der Waals surface area contributed by atoms with Crippen LogP contribution in [0.2, 0.25) is 9.36 Å². The Balaban J connectivity index is 2.24. The molecule has 0 spiro atoms. The second-order valence-corrected chi connectivity index (χ2v) is 8.26. The summed E-state index contributed by atoms with van der Waals surface area (Å²) in [6.07, 6.45) is 0. The van der Waals surface area contributed by atoms with Gasteiger partial charge in [0.05, 0.1) is 15.3 Å². The van der Waals surface area contributed by atoms with Gasteiger partial charge in [-0.3, -0.25) is 0 Å². The molecule has 0 fully saturated rings. The number of hydrogen-bond acceptors (Lipinski definition) is 3. The van der Waals surface area contributed by atoms with Crippen molar-refractivity contribution in [1.29, 1.82) is 0 Å². The quantitative estimate of drug-likeness (QED) is 0.888. The predicted molar refractivity (Wildman–Crippen MR) is 84.3 cm³/mol. The van der Waals surface area contributed by atoms with Crippen molar-refractivity contribution in [1.82, 2.24) is 4.72 Å². The predicted octanol–water partition coefficient (Wildman–Crippen LogP) is 4.40. The molecule has 3 nitrogen and oxygen atoms in total. The highest BCUT2D eigenvalue weighted by Crippen LogP contribution is 2.28. The number of rotatable bonds is 4. The molecule has 0 aliphatic carbocycles. The Kier molecular flexibility index (Phi) is 4.76.